The number of hydrogen-bond donors (Lipinski definition) is 0. The summed E-state index contributed by atoms with van der Waals surface area (Å²) in [7, 11) is 0. The van der Waals surface area contributed by atoms with Gasteiger partial charge in [0, 0.05) is 45.2 Å². The fourth-order valence-electron chi connectivity index (χ4n) is 3.47. The Morgan fingerprint density at radius 3 is 2.95 bits per heavy atom. The lowest BCUT2D eigenvalue weighted by Gasteiger charge is -2.37. The van der Waals surface area contributed by atoms with Crippen LogP contribution in [-0.2, 0) is 6.54 Å². The predicted molar refractivity (Wildman–Crippen MR) is 86.0 cm³/mol. The van der Waals surface area contributed by atoms with Gasteiger partial charge in [0.15, 0.2) is 5.75 Å². The lowest BCUT2D eigenvalue weighted by atomic mass is 10.1. The highest BCUT2D eigenvalue weighted by molar-refractivity contribution is 7.07. The fourth-order valence-corrected chi connectivity index (χ4v) is 4.13. The molecule has 2 aromatic heterocycles. The van der Waals surface area contributed by atoms with Gasteiger partial charge in [0.25, 0.3) is 0 Å². The quantitative estimate of drug-likeness (QED) is 0.861. The molecule has 2 saturated heterocycles. The van der Waals surface area contributed by atoms with E-state index in [0.29, 0.717) is 6.04 Å². The van der Waals surface area contributed by atoms with E-state index in [2.05, 4.69) is 36.6 Å². The third-order valence-electron chi connectivity index (χ3n) is 4.49. The summed E-state index contributed by atoms with van der Waals surface area (Å²) in [5, 5.41) is 4.41. The molecule has 2 aliphatic rings. The van der Waals surface area contributed by atoms with Crippen molar-refractivity contribution in [3.8, 4) is 5.75 Å². The largest absolute Gasteiger partial charge is 0.486 e. The van der Waals surface area contributed by atoms with E-state index in [9.17, 15) is 0 Å². The number of fused-ring (bicyclic) bond motifs is 1. The summed E-state index contributed by atoms with van der Waals surface area (Å²) in [6.07, 6.45) is 6.37. The highest BCUT2D eigenvalue weighted by Gasteiger charge is 2.37. The van der Waals surface area contributed by atoms with E-state index < -0.39 is 0 Å². The van der Waals surface area contributed by atoms with Crippen LogP contribution in [0.3, 0.4) is 0 Å². The molecule has 2 unspecified atom stereocenters. The van der Waals surface area contributed by atoms with E-state index >= 15 is 0 Å². The molecule has 5 nitrogen and oxygen atoms in total. The van der Waals surface area contributed by atoms with Gasteiger partial charge in [0.05, 0.1) is 12.4 Å². The van der Waals surface area contributed by atoms with Crippen LogP contribution in [0.2, 0.25) is 0 Å². The molecule has 22 heavy (non-hydrogen) atoms. The molecule has 6 heteroatoms. The normalized spacial score (nSPS) is 26.0. The zero-order valence-electron chi connectivity index (χ0n) is 12.5. The molecule has 2 aromatic rings. The average molecular weight is 316 g/mol. The van der Waals surface area contributed by atoms with Gasteiger partial charge in [-0.2, -0.15) is 11.3 Å². The molecule has 0 saturated carbocycles. The monoisotopic (exact) mass is 316 g/mol. The number of nitrogens with zero attached hydrogens (tertiary/aromatic N) is 4. The maximum atomic E-state index is 6.02. The maximum absolute atomic E-state index is 6.02. The molecule has 0 amide bonds. The zero-order valence-corrected chi connectivity index (χ0v) is 13.3. The average Bonchev–Trinajstić information content (AvgIpc) is 3.17. The van der Waals surface area contributed by atoms with E-state index in [1.165, 1.54) is 11.9 Å². The summed E-state index contributed by atoms with van der Waals surface area (Å²) in [6, 6.07) is 2.84. The minimum absolute atomic E-state index is 0.261. The summed E-state index contributed by atoms with van der Waals surface area (Å²) in [5.41, 5.74) is 1.44. The first-order chi connectivity index (χ1) is 10.9. The molecule has 2 atom stereocenters. The molecule has 0 spiro atoms. The van der Waals surface area contributed by atoms with Crippen molar-refractivity contribution >= 4 is 11.3 Å². The van der Waals surface area contributed by atoms with Gasteiger partial charge in [-0.15, -0.1) is 0 Å². The minimum atomic E-state index is 0.261. The smallest absolute Gasteiger partial charge is 0.156 e. The summed E-state index contributed by atoms with van der Waals surface area (Å²) >= 11 is 1.78. The molecule has 2 fully saturated rings. The number of ether oxygens (including phenoxy) is 1. The van der Waals surface area contributed by atoms with Gasteiger partial charge in [0.1, 0.15) is 12.4 Å². The minimum Gasteiger partial charge on any atom is -0.486 e. The van der Waals surface area contributed by atoms with Gasteiger partial charge in [-0.25, -0.2) is 9.97 Å². The number of hydrogen-bond acceptors (Lipinski definition) is 6. The lowest BCUT2D eigenvalue weighted by molar-refractivity contribution is 0.0979. The first-order valence-electron chi connectivity index (χ1n) is 7.76. The number of thiophene rings is 1. The lowest BCUT2D eigenvalue weighted by Crippen LogP contribution is -2.49. The SMILES string of the molecule is c1ncc(OC2CC3CN(Cc4ccsc4)CCN3C2)cn1. The molecule has 2 aliphatic heterocycles. The van der Waals surface area contributed by atoms with Crippen LogP contribution in [0.4, 0.5) is 0 Å². The molecule has 0 aliphatic carbocycles. The molecule has 116 valence electrons. The second kappa shape index (κ2) is 6.32. The maximum Gasteiger partial charge on any atom is 0.156 e. The second-order valence-corrected chi connectivity index (χ2v) is 6.85. The van der Waals surface area contributed by atoms with Gasteiger partial charge < -0.3 is 4.74 Å². The van der Waals surface area contributed by atoms with E-state index in [-0.39, 0.29) is 6.10 Å². The summed E-state index contributed by atoms with van der Waals surface area (Å²) in [4.78, 5) is 13.2. The Hall–Kier alpha value is -1.50. The van der Waals surface area contributed by atoms with Gasteiger partial charge >= 0.3 is 0 Å². The van der Waals surface area contributed by atoms with Crippen LogP contribution in [0.5, 0.6) is 5.75 Å². The van der Waals surface area contributed by atoms with Crippen LogP contribution in [0.25, 0.3) is 0 Å². The van der Waals surface area contributed by atoms with Crippen molar-refractivity contribution in [3.05, 3.63) is 41.1 Å². The Balaban J connectivity index is 1.33. The predicted octanol–water partition coefficient (Wildman–Crippen LogP) is 1.88. The van der Waals surface area contributed by atoms with Crippen LogP contribution in [0, 0.1) is 0 Å². The first-order valence-corrected chi connectivity index (χ1v) is 8.70. The Morgan fingerprint density at radius 2 is 2.14 bits per heavy atom. The van der Waals surface area contributed by atoms with Crippen molar-refractivity contribution in [2.75, 3.05) is 26.2 Å². The van der Waals surface area contributed by atoms with Crippen LogP contribution in [0.15, 0.2) is 35.5 Å². The Bertz CT molecular complexity index is 591. The van der Waals surface area contributed by atoms with Gasteiger partial charge in [-0.1, -0.05) is 0 Å². The number of aromatic nitrogens is 2. The Kier molecular flexibility index (Phi) is 4.05. The van der Waals surface area contributed by atoms with Crippen molar-refractivity contribution in [3.63, 3.8) is 0 Å². The van der Waals surface area contributed by atoms with Gasteiger partial charge in [0.2, 0.25) is 0 Å². The summed E-state index contributed by atoms with van der Waals surface area (Å²) in [5.74, 6) is 0.780. The van der Waals surface area contributed by atoms with Crippen LogP contribution in [-0.4, -0.2) is 58.1 Å². The summed E-state index contributed by atoms with van der Waals surface area (Å²) < 4.78 is 6.02. The molecule has 0 bridgehead atoms. The summed E-state index contributed by atoms with van der Waals surface area (Å²) in [6.45, 7) is 5.52. The van der Waals surface area contributed by atoms with Crippen molar-refractivity contribution in [1.29, 1.82) is 0 Å². The second-order valence-electron chi connectivity index (χ2n) is 6.07. The van der Waals surface area contributed by atoms with Crippen LogP contribution < -0.4 is 4.74 Å². The van der Waals surface area contributed by atoms with E-state index in [1.807, 2.05) is 0 Å². The third-order valence-corrected chi connectivity index (χ3v) is 5.22. The number of piperazine rings is 1. The van der Waals surface area contributed by atoms with Crippen LogP contribution in [0.1, 0.15) is 12.0 Å². The molecule has 0 N–H and O–H groups in total. The molecular weight excluding hydrogens is 296 g/mol. The Labute approximate surface area is 134 Å². The number of rotatable bonds is 4. The van der Waals surface area contributed by atoms with Gasteiger partial charge in [-0.3, -0.25) is 9.80 Å². The molecule has 0 aromatic carbocycles. The molecule has 0 radical (unpaired) electrons. The van der Waals surface area contributed by atoms with Crippen molar-refractivity contribution in [2.24, 2.45) is 0 Å². The topological polar surface area (TPSA) is 41.5 Å². The zero-order chi connectivity index (χ0) is 14.8. The molecular formula is C16H20N4OS. The highest BCUT2D eigenvalue weighted by Crippen LogP contribution is 2.26. The van der Waals surface area contributed by atoms with E-state index in [0.717, 1.165) is 44.9 Å². The molecule has 4 rings (SSSR count). The van der Waals surface area contributed by atoms with E-state index in [1.54, 1.807) is 23.7 Å². The standard InChI is InChI=1S/C16H20N4OS/c1-4-22-11-13(1)8-19-2-3-20-10-15(5-14(20)9-19)21-16-6-17-12-18-7-16/h1,4,6-7,11-12,14-15H,2-3,5,8-10H2. The van der Waals surface area contributed by atoms with E-state index in [4.69, 9.17) is 4.74 Å². The van der Waals surface area contributed by atoms with Crippen molar-refractivity contribution in [2.45, 2.75) is 25.1 Å². The molecule has 4 heterocycles. The van der Waals surface area contributed by atoms with Crippen LogP contribution >= 0.6 is 11.3 Å². The highest BCUT2D eigenvalue weighted by atomic mass is 32.1. The van der Waals surface area contributed by atoms with Crippen molar-refractivity contribution in [1.82, 2.24) is 19.8 Å². The van der Waals surface area contributed by atoms with Crippen molar-refractivity contribution < 1.29 is 4.74 Å². The Morgan fingerprint density at radius 1 is 1.23 bits per heavy atom. The third kappa shape index (κ3) is 3.14. The first kappa shape index (κ1) is 14.1. The fraction of sp³-hybridized carbons (Fsp3) is 0.500. The van der Waals surface area contributed by atoms with Gasteiger partial charge in [-0.05, 0) is 22.4 Å².